The first-order valence-corrected chi connectivity index (χ1v) is 18.6. The number of amides is 3. The van der Waals surface area contributed by atoms with Crippen molar-refractivity contribution in [2.45, 2.75) is 94.6 Å². The summed E-state index contributed by atoms with van der Waals surface area (Å²) in [5, 5.41) is 3.85. The van der Waals surface area contributed by atoms with Gasteiger partial charge in [-0.2, -0.15) is 0 Å². The van der Waals surface area contributed by atoms with Gasteiger partial charge in [0, 0.05) is 30.3 Å². The topological polar surface area (TPSA) is 144 Å². The largest absolute Gasteiger partial charge is 0.491 e. The van der Waals surface area contributed by atoms with Crippen molar-refractivity contribution in [3.8, 4) is 11.6 Å². The van der Waals surface area contributed by atoms with E-state index in [1.165, 1.54) is 17.2 Å². The summed E-state index contributed by atoms with van der Waals surface area (Å²) in [6.07, 6.45) is 7.61. The zero-order valence-electron chi connectivity index (χ0n) is 28.0. The molecule has 11 nitrogen and oxygen atoms in total. The van der Waals surface area contributed by atoms with Gasteiger partial charge < -0.3 is 19.7 Å². The molecule has 6 rings (SSSR count). The Balaban J connectivity index is 1.28. The molecule has 0 radical (unpaired) electrons. The summed E-state index contributed by atoms with van der Waals surface area (Å²) in [4.78, 5) is 47.3. The van der Waals surface area contributed by atoms with E-state index in [2.05, 4.69) is 21.9 Å². The normalized spacial score (nSPS) is 30.6. The van der Waals surface area contributed by atoms with Crippen LogP contribution in [-0.2, 0) is 24.4 Å². The molecular weight excluding hydrogens is 658 g/mol. The minimum absolute atomic E-state index is 0.0449. The predicted octanol–water partition coefficient (Wildman–Crippen LogP) is 4.35. The van der Waals surface area contributed by atoms with Crippen molar-refractivity contribution in [3.63, 3.8) is 0 Å². The van der Waals surface area contributed by atoms with Gasteiger partial charge in [-0.25, -0.2) is 22.2 Å². The molecule has 3 fully saturated rings. The Bertz CT molecular complexity index is 1770. The van der Waals surface area contributed by atoms with Crippen molar-refractivity contribution >= 4 is 38.5 Å². The third-order valence-electron chi connectivity index (χ3n) is 10.4. The van der Waals surface area contributed by atoms with Gasteiger partial charge in [-0.3, -0.25) is 19.1 Å². The second-order valence-electron chi connectivity index (χ2n) is 14.3. The van der Waals surface area contributed by atoms with Gasteiger partial charge in [-0.05, 0) is 80.9 Å². The fourth-order valence-corrected chi connectivity index (χ4v) is 8.66. The Morgan fingerprint density at radius 2 is 1.96 bits per heavy atom. The van der Waals surface area contributed by atoms with Crippen LogP contribution in [0.3, 0.4) is 0 Å². The van der Waals surface area contributed by atoms with E-state index in [4.69, 9.17) is 9.47 Å². The first-order valence-electron chi connectivity index (χ1n) is 17.1. The van der Waals surface area contributed by atoms with E-state index in [1.54, 1.807) is 19.1 Å². The quantitative estimate of drug-likeness (QED) is 0.387. The molecule has 1 unspecified atom stereocenters. The summed E-state index contributed by atoms with van der Waals surface area (Å²) < 4.78 is 66.7. The minimum Gasteiger partial charge on any atom is -0.491 e. The highest BCUT2D eigenvalue weighted by atomic mass is 32.2. The average Bonchev–Trinajstić information content (AvgIpc) is 3.95. The maximum Gasteiger partial charge on any atom is 0.259 e. The number of allylic oxidation sites excluding steroid dienone is 1. The molecular formula is C35H44F2N4O7S. The smallest absolute Gasteiger partial charge is 0.259 e. The molecule has 3 heterocycles. The van der Waals surface area contributed by atoms with Crippen LogP contribution in [0, 0.1) is 23.6 Å². The number of nitrogens with zero attached hydrogens (tertiary/aromatic N) is 2. The van der Waals surface area contributed by atoms with E-state index in [1.807, 2.05) is 19.1 Å². The van der Waals surface area contributed by atoms with Crippen molar-refractivity contribution < 1.29 is 41.1 Å². The van der Waals surface area contributed by atoms with E-state index < -0.39 is 62.7 Å². The van der Waals surface area contributed by atoms with E-state index in [-0.39, 0.29) is 68.7 Å². The van der Waals surface area contributed by atoms with Crippen LogP contribution in [0.15, 0.2) is 36.5 Å². The molecule has 0 bridgehead atoms. The Kier molecular flexibility index (Phi) is 9.64. The Morgan fingerprint density at radius 1 is 1.18 bits per heavy atom. The van der Waals surface area contributed by atoms with Crippen LogP contribution < -0.4 is 19.5 Å². The monoisotopic (exact) mass is 702 g/mol. The van der Waals surface area contributed by atoms with Gasteiger partial charge in [0.1, 0.15) is 29.1 Å². The molecule has 2 saturated carbocycles. The molecule has 2 aromatic rings. The Hall–Kier alpha value is -3.81. The van der Waals surface area contributed by atoms with E-state index in [0.29, 0.717) is 16.7 Å². The van der Waals surface area contributed by atoms with Crippen LogP contribution in [0.5, 0.6) is 11.6 Å². The molecule has 0 spiro atoms. The van der Waals surface area contributed by atoms with Crippen molar-refractivity contribution in [2.75, 3.05) is 19.8 Å². The number of rotatable bonds is 8. The number of fused-ring (bicyclic) bond motifs is 3. The molecule has 49 heavy (non-hydrogen) atoms. The highest BCUT2D eigenvalue weighted by Gasteiger charge is 2.64. The molecule has 4 aliphatic rings. The number of hydrogen-bond acceptors (Lipinski definition) is 8. The van der Waals surface area contributed by atoms with Crippen LogP contribution in [-0.4, -0.2) is 78.3 Å². The standard InChI is InChI=1S/C35H44F2N4O7S/c1-4-47-29-15-23-9-12-38-32(26(23)17-27(29)37)48-25-16-28-31(43)39-35(33(44)40-49(45,46)34(20-36)10-11-34)18-24(35)8-6-5-7-21(2)13-22(3)14-30(42)41(28)19-25/h6,8-9,12,15,17,21-22,24-25,28H,4-5,7,10-11,13-14,16,18-20H2,1-3H3,(H,39,43)(H,40,44)/b8-6-/t21-,22+,24?,25+,28-,35+/m0/s1. The summed E-state index contributed by atoms with van der Waals surface area (Å²) in [7, 11) is -4.33. The van der Waals surface area contributed by atoms with Crippen LogP contribution in [0.2, 0.25) is 0 Å². The Labute approximate surface area is 285 Å². The lowest BCUT2D eigenvalue weighted by Gasteiger charge is -2.28. The van der Waals surface area contributed by atoms with E-state index in [0.717, 1.165) is 19.3 Å². The van der Waals surface area contributed by atoms with Gasteiger partial charge in [0.2, 0.25) is 27.7 Å². The lowest BCUT2D eigenvalue weighted by Crippen LogP contribution is -2.57. The highest BCUT2D eigenvalue weighted by molar-refractivity contribution is 7.91. The fourth-order valence-electron chi connectivity index (χ4n) is 7.24. The molecule has 14 heteroatoms. The number of aromatic nitrogens is 1. The van der Waals surface area contributed by atoms with Crippen LogP contribution in [0.4, 0.5) is 8.78 Å². The van der Waals surface area contributed by atoms with Crippen LogP contribution >= 0.6 is 0 Å². The molecule has 1 aromatic heterocycles. The summed E-state index contributed by atoms with van der Waals surface area (Å²) in [5.74, 6) is -2.26. The number of hydrogen-bond donors (Lipinski definition) is 2. The summed E-state index contributed by atoms with van der Waals surface area (Å²) >= 11 is 0. The molecule has 3 amide bonds. The zero-order chi connectivity index (χ0) is 35.1. The summed E-state index contributed by atoms with van der Waals surface area (Å²) in [5.41, 5.74) is -1.58. The van der Waals surface area contributed by atoms with Crippen molar-refractivity contribution in [2.24, 2.45) is 17.8 Å². The second kappa shape index (κ2) is 13.5. The van der Waals surface area contributed by atoms with Crippen molar-refractivity contribution in [1.29, 1.82) is 0 Å². The van der Waals surface area contributed by atoms with Gasteiger partial charge in [0.25, 0.3) is 5.91 Å². The maximum absolute atomic E-state index is 14.9. The first kappa shape index (κ1) is 35.0. The van der Waals surface area contributed by atoms with Gasteiger partial charge in [0.05, 0.1) is 13.2 Å². The van der Waals surface area contributed by atoms with Gasteiger partial charge >= 0.3 is 0 Å². The number of alkyl halides is 1. The molecule has 6 atom stereocenters. The third kappa shape index (κ3) is 6.98. The Morgan fingerprint density at radius 3 is 2.67 bits per heavy atom. The first-order chi connectivity index (χ1) is 23.3. The number of halogens is 2. The third-order valence-corrected chi connectivity index (χ3v) is 12.5. The number of nitrogens with one attached hydrogen (secondary N) is 2. The van der Waals surface area contributed by atoms with Gasteiger partial charge in [0.15, 0.2) is 11.6 Å². The predicted molar refractivity (Wildman–Crippen MR) is 177 cm³/mol. The number of ether oxygens (including phenoxy) is 2. The molecule has 2 N–H and O–H groups in total. The number of carbonyl (C=O) groups is 3. The van der Waals surface area contributed by atoms with E-state index in [9.17, 15) is 31.6 Å². The number of sulfonamides is 1. The zero-order valence-corrected chi connectivity index (χ0v) is 28.9. The molecule has 1 saturated heterocycles. The molecule has 2 aliphatic carbocycles. The van der Waals surface area contributed by atoms with E-state index >= 15 is 0 Å². The molecule has 266 valence electrons. The minimum atomic E-state index is -4.33. The number of benzene rings is 1. The molecule has 1 aromatic carbocycles. The van der Waals surface area contributed by atoms with Gasteiger partial charge in [-0.1, -0.05) is 26.0 Å². The van der Waals surface area contributed by atoms with Crippen LogP contribution in [0.25, 0.3) is 10.8 Å². The van der Waals surface area contributed by atoms with Crippen LogP contribution in [0.1, 0.15) is 72.1 Å². The summed E-state index contributed by atoms with van der Waals surface area (Å²) in [6, 6.07) is 3.51. The lowest BCUT2D eigenvalue weighted by molar-refractivity contribution is -0.140. The average molecular weight is 703 g/mol. The number of pyridine rings is 1. The maximum atomic E-state index is 14.9. The highest BCUT2D eigenvalue weighted by Crippen LogP contribution is 2.48. The number of carbonyl (C=O) groups excluding carboxylic acids is 3. The van der Waals surface area contributed by atoms with Gasteiger partial charge in [-0.15, -0.1) is 0 Å². The molecule has 2 aliphatic heterocycles. The summed E-state index contributed by atoms with van der Waals surface area (Å²) in [6.45, 7) is 5.11. The fraction of sp³-hybridized carbons (Fsp3) is 0.600. The van der Waals surface area contributed by atoms with Crippen molar-refractivity contribution in [3.05, 3.63) is 42.4 Å². The second-order valence-corrected chi connectivity index (χ2v) is 16.3. The van der Waals surface area contributed by atoms with Crippen molar-refractivity contribution in [1.82, 2.24) is 19.9 Å². The SMILES string of the molecule is CCOc1cc2ccnc(O[C@@H]3C[C@H]4C(=O)N[C@]5(C(=O)NS(=O)(=O)C6(CF)CC6)CC5/C=C\CC[C@H](C)C[C@@H](C)CC(=O)N4C3)c2cc1F. The lowest BCUT2D eigenvalue weighted by atomic mass is 9.91.